The first-order valence-corrected chi connectivity index (χ1v) is 14.0. The van der Waals surface area contributed by atoms with Gasteiger partial charge in [0.2, 0.25) is 0 Å². The number of rotatable bonds is 5. The molecule has 0 aliphatic rings. The van der Waals surface area contributed by atoms with E-state index in [0.717, 1.165) is 175 Å². The molecule has 0 heterocycles. The number of carbonyl (C=O) groups is 1. The Morgan fingerprint density at radius 2 is 1.32 bits per heavy atom. The van der Waals surface area contributed by atoms with Gasteiger partial charge in [-0.15, -0.1) is 0 Å². The number of carboxylic acids is 1. The first-order valence-electron chi connectivity index (χ1n) is 5.17. The summed E-state index contributed by atoms with van der Waals surface area (Å²) in [5.74, 6) is -0.754. The van der Waals surface area contributed by atoms with Crippen molar-refractivity contribution in [3.63, 3.8) is 0 Å². The third-order valence-electron chi connectivity index (χ3n) is 1.75. The Morgan fingerprint density at radius 1 is 1.00 bits per heavy atom. The second-order valence-corrected chi connectivity index (χ2v) is 23.1. The number of hydrogen-bond donors (Lipinski definition) is 1. The summed E-state index contributed by atoms with van der Waals surface area (Å²) in [7, 11) is 0. The van der Waals surface area contributed by atoms with Crippen molar-refractivity contribution in [2.45, 2.75) is 39.5 Å². The van der Waals surface area contributed by atoms with Crippen LogP contribution >= 0.6 is 0 Å². The quantitative estimate of drug-likeness (QED) is 0.428. The van der Waals surface area contributed by atoms with Crippen molar-refractivity contribution in [2.75, 3.05) is 0 Å². The zero-order valence-corrected chi connectivity index (χ0v) is 32.5. The number of carboxylic acid groups (broad SMARTS) is 1. The summed E-state index contributed by atoms with van der Waals surface area (Å²) in [5.41, 5.74) is 0. The van der Waals surface area contributed by atoms with Gasteiger partial charge in [-0.25, -0.2) is 0 Å². The van der Waals surface area contributed by atoms with Crippen molar-refractivity contribution >= 4 is 5.97 Å². The fraction of sp³-hybridized carbons (Fsp3) is 0.875. The van der Waals surface area contributed by atoms with E-state index in [1.165, 1.54) is 0 Å². The molecule has 0 saturated carbocycles. The van der Waals surface area contributed by atoms with Gasteiger partial charge in [-0.3, -0.25) is 4.79 Å². The molecule has 102 valence electrons. The minimum atomic E-state index is -0.643. The van der Waals surface area contributed by atoms with Gasteiger partial charge in [-0.1, -0.05) is 26.7 Å². The topological polar surface area (TPSA) is 65.0 Å². The first-order chi connectivity index (χ1) is 8.96. The van der Waals surface area contributed by atoms with Crippen LogP contribution in [0, 0.1) is 5.92 Å². The van der Waals surface area contributed by atoms with Crippen molar-refractivity contribution in [1.29, 1.82) is 0 Å². The second-order valence-electron chi connectivity index (χ2n) is 2.89. The van der Waals surface area contributed by atoms with Crippen LogP contribution in [-0.2, 0) is 157 Å². The Hall–Kier alpha value is 4.57. The molecule has 0 aliphatic carbocycles. The molecule has 0 aromatic heterocycles. The van der Waals surface area contributed by atoms with Crippen LogP contribution in [0.4, 0.5) is 0 Å². The molecule has 0 rings (SSSR count). The van der Waals surface area contributed by atoms with Crippen molar-refractivity contribution in [3.8, 4) is 0 Å². The molecule has 0 aliphatic heterocycles. The summed E-state index contributed by atoms with van der Waals surface area (Å²) in [6, 6.07) is 0. The van der Waals surface area contributed by atoms with Gasteiger partial charge in [0.15, 0.2) is 0 Å². The number of aliphatic carboxylic acids is 1. The van der Waals surface area contributed by atoms with Gasteiger partial charge < -0.3 is 5.11 Å². The molecule has 5 nitrogen and oxygen atoms in total. The summed E-state index contributed by atoms with van der Waals surface area (Å²) < 4.78 is 13.6. The minimum absolute atomic E-state index is 0.111. The van der Waals surface area contributed by atoms with Gasteiger partial charge in [0, 0.05) is 0 Å². The number of unbranched alkanes of at least 4 members (excludes halogenated alkanes) is 1. The van der Waals surface area contributed by atoms with Crippen molar-refractivity contribution < 1.29 is 162 Å². The van der Waals surface area contributed by atoms with E-state index >= 15 is 0 Å². The van der Waals surface area contributed by atoms with Gasteiger partial charge >= 0.3 is 158 Å². The zero-order valence-electron chi connectivity index (χ0n) is 11.0. The van der Waals surface area contributed by atoms with E-state index in [2.05, 4.69) is 9.84 Å². The van der Waals surface area contributed by atoms with Crippen LogP contribution in [0.5, 0.6) is 0 Å². The normalized spacial score (nSPS) is 9.05. The maximum atomic E-state index is 10.4. The van der Waals surface area contributed by atoms with Gasteiger partial charge in [0.1, 0.15) is 0 Å². The van der Waals surface area contributed by atoms with E-state index in [9.17, 15) is 4.79 Å². The van der Waals surface area contributed by atoms with Crippen LogP contribution in [0.15, 0.2) is 0 Å². The Balaban J connectivity index is -0.000000103. The Kier molecular flexibility index (Phi) is 56.1. The van der Waals surface area contributed by atoms with Crippen LogP contribution < -0.4 is 0 Å². The SMILES string of the molecule is CCCCC(CC)C(=O)O.[Hf][O][Hf].[Hf][O][Hf].[Hf][O][Hf]. The summed E-state index contributed by atoms with van der Waals surface area (Å²) in [6.07, 6.45) is 3.71. The fourth-order valence-corrected chi connectivity index (χ4v) is 0.953. The molecule has 0 aromatic rings. The molecule has 0 aromatic carbocycles. The summed E-state index contributed by atoms with van der Waals surface area (Å²) in [6.45, 7) is 4.00. The average molecular weight is 1260 g/mol. The predicted octanol–water partition coefficient (Wildman–Crippen LogP) is 2.07. The van der Waals surface area contributed by atoms with Crippen molar-refractivity contribution in [3.05, 3.63) is 0 Å². The van der Waals surface area contributed by atoms with Gasteiger partial charge in [0.05, 0.1) is 5.92 Å². The van der Waals surface area contributed by atoms with E-state index in [4.69, 9.17) is 5.11 Å². The molecular formula is C8H16Hf6O5. The van der Waals surface area contributed by atoms with E-state index in [0.29, 0.717) is 0 Å². The van der Waals surface area contributed by atoms with E-state index in [1.807, 2.05) is 6.92 Å². The molecule has 1 unspecified atom stereocenters. The first kappa shape index (κ1) is 31.4. The molecule has 19 heavy (non-hydrogen) atoms. The van der Waals surface area contributed by atoms with Crippen LogP contribution in [-0.4, -0.2) is 11.1 Å². The summed E-state index contributed by atoms with van der Waals surface area (Å²) in [5, 5.41) is 8.60. The summed E-state index contributed by atoms with van der Waals surface area (Å²) in [4.78, 5) is 10.4. The Morgan fingerprint density at radius 3 is 1.47 bits per heavy atom. The molecule has 0 radical (unpaired) electrons. The van der Waals surface area contributed by atoms with E-state index in [-0.39, 0.29) is 5.92 Å². The summed E-state index contributed by atoms with van der Waals surface area (Å²) >= 11 is 5.58. The van der Waals surface area contributed by atoms with Crippen molar-refractivity contribution in [2.24, 2.45) is 5.92 Å². The maximum absolute atomic E-state index is 10.4. The van der Waals surface area contributed by atoms with Gasteiger partial charge in [0.25, 0.3) is 0 Å². The molecule has 0 amide bonds. The van der Waals surface area contributed by atoms with Crippen LogP contribution in [0.3, 0.4) is 0 Å². The molecule has 0 saturated heterocycles. The van der Waals surface area contributed by atoms with Crippen LogP contribution in [0.1, 0.15) is 39.5 Å². The van der Waals surface area contributed by atoms with Crippen LogP contribution in [0.2, 0.25) is 0 Å². The molecule has 11 heteroatoms. The third-order valence-corrected chi connectivity index (χ3v) is 1.75. The Bertz CT molecular complexity index is 149. The fourth-order valence-electron chi connectivity index (χ4n) is 0.953. The van der Waals surface area contributed by atoms with Gasteiger partial charge in [-0.2, -0.15) is 0 Å². The standard InChI is InChI=1S/C8H16O2.6Hf.3O/c1-3-5-6-7(4-2)8(9)10;;;;;;;;;/h7H,3-6H2,1-2H3,(H,9,10);;;;;;;;;. The zero-order chi connectivity index (χ0) is 16.1. The monoisotopic (exact) mass is 1270 g/mol. The van der Waals surface area contributed by atoms with Crippen molar-refractivity contribution in [1.82, 2.24) is 0 Å². The van der Waals surface area contributed by atoms with E-state index in [1.54, 1.807) is 0 Å². The molecule has 0 fully saturated rings. The second kappa shape index (κ2) is 34.0. The predicted molar refractivity (Wildman–Crippen MR) is 44.2 cm³/mol. The average Bonchev–Trinajstić information content (AvgIpc) is 2.32. The van der Waals surface area contributed by atoms with Gasteiger partial charge in [-0.05, 0) is 12.8 Å². The molecular weight excluding hydrogens is 1250 g/mol. The third kappa shape index (κ3) is 45.0. The van der Waals surface area contributed by atoms with Crippen LogP contribution in [0.25, 0.3) is 0 Å². The Labute approximate surface area is 208 Å². The molecule has 1 N–H and O–H groups in total. The molecule has 0 spiro atoms. The number of hydrogen-bond acceptors (Lipinski definition) is 4. The molecule has 1 atom stereocenters. The van der Waals surface area contributed by atoms with E-state index < -0.39 is 5.97 Å². The molecule has 0 bridgehead atoms.